The van der Waals surface area contributed by atoms with Crippen molar-refractivity contribution in [1.29, 1.82) is 5.26 Å². The van der Waals surface area contributed by atoms with Crippen molar-refractivity contribution in [2.75, 3.05) is 7.11 Å². The van der Waals surface area contributed by atoms with E-state index in [1.54, 1.807) is 11.8 Å². The third kappa shape index (κ3) is 1.37. The molecule has 15 heavy (non-hydrogen) atoms. The molecule has 0 aromatic carbocycles. The van der Waals surface area contributed by atoms with Crippen LogP contribution in [0.2, 0.25) is 5.02 Å². The highest BCUT2D eigenvalue weighted by Gasteiger charge is 2.32. The molecule has 0 fully saturated rings. The molecule has 2 rings (SSSR count). The van der Waals surface area contributed by atoms with Gasteiger partial charge in [0.15, 0.2) is 0 Å². The molecule has 0 saturated carbocycles. The van der Waals surface area contributed by atoms with E-state index in [1.165, 1.54) is 0 Å². The van der Waals surface area contributed by atoms with Crippen molar-refractivity contribution in [2.45, 2.75) is 26.2 Å². The lowest BCUT2D eigenvalue weighted by Crippen LogP contribution is -2.48. The van der Waals surface area contributed by atoms with Crippen LogP contribution in [0.4, 0.5) is 0 Å². The Morgan fingerprint density at radius 1 is 1.47 bits per heavy atom. The Hall–Kier alpha value is -1.27. The molecule has 0 saturated heterocycles. The van der Waals surface area contributed by atoms with E-state index in [0.29, 0.717) is 10.6 Å². The van der Waals surface area contributed by atoms with Gasteiger partial charge >= 0.3 is 0 Å². The van der Waals surface area contributed by atoms with E-state index in [2.05, 4.69) is 6.07 Å². The normalized spacial score (nSPS) is 13.5. The molecule has 1 aromatic rings. The molecular weight excluding hydrogens is 212 g/mol. The number of nitriles is 1. The minimum Gasteiger partial charge on any atom is -0.274 e. The van der Waals surface area contributed by atoms with Crippen molar-refractivity contribution in [2.24, 2.45) is 0 Å². The van der Waals surface area contributed by atoms with E-state index < -0.39 is 0 Å². The number of halogens is 1. The van der Waals surface area contributed by atoms with Crippen LogP contribution >= 0.6 is 11.6 Å². The van der Waals surface area contributed by atoms with Crippen molar-refractivity contribution >= 4 is 11.6 Å². The highest BCUT2D eigenvalue weighted by molar-refractivity contribution is 6.32. The van der Waals surface area contributed by atoms with E-state index in [1.807, 2.05) is 6.92 Å². The van der Waals surface area contributed by atoms with Crippen LogP contribution in [0.5, 0.6) is 0 Å². The quantitative estimate of drug-likeness (QED) is 0.674. The van der Waals surface area contributed by atoms with Crippen molar-refractivity contribution in [1.82, 2.24) is 0 Å². The molecule has 0 spiro atoms. The molecule has 0 radical (unpaired) electrons. The first-order valence-corrected chi connectivity index (χ1v) is 5.29. The van der Waals surface area contributed by atoms with Crippen LogP contribution in [0, 0.1) is 18.3 Å². The first-order chi connectivity index (χ1) is 7.20. The van der Waals surface area contributed by atoms with Crippen LogP contribution in [0.15, 0.2) is 0 Å². The summed E-state index contributed by atoms with van der Waals surface area (Å²) in [5.41, 5.74) is 3.49. The number of aromatic nitrogens is 1. The maximum absolute atomic E-state index is 9.05. The zero-order valence-corrected chi connectivity index (χ0v) is 9.56. The topological polar surface area (TPSA) is 36.9 Å². The van der Waals surface area contributed by atoms with E-state index in [4.69, 9.17) is 21.7 Å². The molecule has 0 N–H and O–H groups in total. The Bertz CT molecular complexity index is 454. The highest BCUT2D eigenvalue weighted by atomic mass is 35.5. The summed E-state index contributed by atoms with van der Waals surface area (Å²) in [5.74, 6) is 0. The van der Waals surface area contributed by atoms with Gasteiger partial charge in [-0.15, -0.1) is 0 Å². The van der Waals surface area contributed by atoms with Gasteiger partial charge in [0.2, 0.25) is 5.69 Å². The van der Waals surface area contributed by atoms with Gasteiger partial charge < -0.3 is 0 Å². The molecule has 0 aliphatic heterocycles. The van der Waals surface area contributed by atoms with Gasteiger partial charge in [0.1, 0.15) is 18.7 Å². The lowest BCUT2D eigenvalue weighted by Gasteiger charge is -2.05. The Morgan fingerprint density at radius 2 is 2.20 bits per heavy atom. The molecule has 4 heteroatoms. The van der Waals surface area contributed by atoms with Gasteiger partial charge in [-0.05, 0) is 12.8 Å². The van der Waals surface area contributed by atoms with Crippen LogP contribution in [0.25, 0.3) is 0 Å². The minimum absolute atomic E-state index is 0.527. The Kier molecular flexibility index (Phi) is 2.54. The van der Waals surface area contributed by atoms with E-state index >= 15 is 0 Å². The largest absolute Gasteiger partial charge is 0.274 e. The second kappa shape index (κ2) is 3.71. The van der Waals surface area contributed by atoms with Crippen molar-refractivity contribution < 1.29 is 9.57 Å². The van der Waals surface area contributed by atoms with E-state index in [0.717, 1.165) is 36.2 Å². The first kappa shape index (κ1) is 10.3. The number of pyridine rings is 1. The van der Waals surface area contributed by atoms with Crippen molar-refractivity contribution in [3.05, 3.63) is 27.5 Å². The fourth-order valence-corrected chi connectivity index (χ4v) is 2.56. The summed E-state index contributed by atoms with van der Waals surface area (Å²) in [6.07, 6.45) is 2.98. The highest BCUT2D eigenvalue weighted by Crippen LogP contribution is 2.30. The van der Waals surface area contributed by atoms with Gasteiger partial charge in [-0.2, -0.15) is 5.26 Å². The van der Waals surface area contributed by atoms with Gasteiger partial charge in [-0.25, -0.2) is 0 Å². The maximum Gasteiger partial charge on any atom is 0.250 e. The molecule has 0 atom stereocenters. The fraction of sp³-hybridized carbons (Fsp3) is 0.455. The van der Waals surface area contributed by atoms with Gasteiger partial charge in [-0.3, -0.25) is 4.84 Å². The molecule has 78 valence electrons. The van der Waals surface area contributed by atoms with E-state index in [9.17, 15) is 0 Å². The lowest BCUT2D eigenvalue weighted by molar-refractivity contribution is -0.894. The van der Waals surface area contributed by atoms with Gasteiger partial charge in [0.25, 0.3) is 5.69 Å². The predicted octanol–water partition coefficient (Wildman–Crippen LogP) is 1.35. The minimum atomic E-state index is 0.527. The molecule has 1 heterocycles. The summed E-state index contributed by atoms with van der Waals surface area (Å²) in [7, 11) is 1.61. The Balaban J connectivity index is 2.79. The number of rotatable bonds is 1. The SMILES string of the molecule is CO[n+]1c(C)c(C#N)c(Cl)c2c1CCC2. The zero-order chi connectivity index (χ0) is 11.0. The standard InChI is InChI=1S/C11H12ClN2O/c1-7-9(6-13)11(12)8-4-3-5-10(8)14(7)15-2/h3-5H2,1-2H3/q+1. The third-order valence-electron chi connectivity index (χ3n) is 2.88. The Morgan fingerprint density at radius 3 is 2.80 bits per heavy atom. The second-order valence-electron chi connectivity index (χ2n) is 3.64. The molecule has 0 unspecified atom stereocenters. The summed E-state index contributed by atoms with van der Waals surface area (Å²) in [6.45, 7) is 1.85. The predicted molar refractivity (Wildman–Crippen MR) is 55.6 cm³/mol. The van der Waals surface area contributed by atoms with Gasteiger partial charge in [-0.1, -0.05) is 11.6 Å². The molecule has 1 aliphatic rings. The second-order valence-corrected chi connectivity index (χ2v) is 4.02. The van der Waals surface area contributed by atoms with Crippen molar-refractivity contribution in [3.8, 4) is 6.07 Å². The third-order valence-corrected chi connectivity index (χ3v) is 3.30. The fourth-order valence-electron chi connectivity index (χ4n) is 2.18. The summed E-state index contributed by atoms with van der Waals surface area (Å²) in [6, 6.07) is 2.14. The molecule has 1 aliphatic carbocycles. The number of hydrogen-bond donors (Lipinski definition) is 0. The molecule has 3 nitrogen and oxygen atoms in total. The van der Waals surface area contributed by atoms with Gasteiger partial charge in [0, 0.05) is 23.6 Å². The van der Waals surface area contributed by atoms with Crippen LogP contribution < -0.4 is 9.57 Å². The maximum atomic E-state index is 9.05. The lowest BCUT2D eigenvalue weighted by atomic mass is 10.1. The molecule has 0 bridgehead atoms. The summed E-state index contributed by atoms with van der Waals surface area (Å²) in [5, 5.41) is 9.65. The summed E-state index contributed by atoms with van der Waals surface area (Å²) >= 11 is 6.20. The smallest absolute Gasteiger partial charge is 0.250 e. The first-order valence-electron chi connectivity index (χ1n) is 4.91. The van der Waals surface area contributed by atoms with Crippen LogP contribution in [-0.2, 0) is 12.8 Å². The monoisotopic (exact) mass is 223 g/mol. The zero-order valence-electron chi connectivity index (χ0n) is 8.80. The number of hydrogen-bond acceptors (Lipinski definition) is 2. The summed E-state index contributed by atoms with van der Waals surface area (Å²) in [4.78, 5) is 5.29. The van der Waals surface area contributed by atoms with E-state index in [-0.39, 0.29) is 0 Å². The van der Waals surface area contributed by atoms with Crippen LogP contribution in [0.3, 0.4) is 0 Å². The Labute approximate surface area is 93.8 Å². The molecule has 0 amide bonds. The van der Waals surface area contributed by atoms with Crippen LogP contribution in [0.1, 0.15) is 28.9 Å². The number of fused-ring (bicyclic) bond motifs is 1. The average Bonchev–Trinajstić information content (AvgIpc) is 2.68. The molecule has 1 aromatic heterocycles. The van der Waals surface area contributed by atoms with Crippen LogP contribution in [-0.4, -0.2) is 7.11 Å². The average molecular weight is 224 g/mol. The number of nitrogens with zero attached hydrogens (tertiary/aromatic N) is 2. The molecular formula is C11H12ClN2O+. The van der Waals surface area contributed by atoms with Gasteiger partial charge in [0.05, 0.1) is 5.02 Å². The summed E-state index contributed by atoms with van der Waals surface area (Å²) < 4.78 is 1.73. The van der Waals surface area contributed by atoms with Crippen molar-refractivity contribution in [3.63, 3.8) is 0 Å².